The van der Waals surface area contributed by atoms with Gasteiger partial charge in [-0.05, 0) is 56.3 Å². The quantitative estimate of drug-likeness (QED) is 0.748. The molecule has 0 radical (unpaired) electrons. The van der Waals surface area contributed by atoms with Crippen molar-refractivity contribution >= 4 is 0 Å². The molecule has 2 rings (SSSR count). The minimum absolute atomic E-state index is 0.323. The Bertz CT molecular complexity index is 339. The number of rotatable bonds is 5. The van der Waals surface area contributed by atoms with Crippen LogP contribution >= 0.6 is 0 Å². The number of hydrogen-bond acceptors (Lipinski definition) is 2. The van der Waals surface area contributed by atoms with Gasteiger partial charge in [0, 0.05) is 6.54 Å². The van der Waals surface area contributed by atoms with Crippen molar-refractivity contribution in [1.29, 1.82) is 0 Å². The smallest absolute Gasteiger partial charge is 0.0914 e. The Hall–Kier alpha value is -0.600. The standard InChI is InChI=1S/C17H29NO/c1-4-14(2)7-8-16-9-12-19-17(15(16)3)13-18-10-5-6-11-18/h7-8,14,17H,4-6,9-13H2,1-3H3/b8-7-. The maximum absolute atomic E-state index is 5.98. The van der Waals surface area contributed by atoms with Crippen LogP contribution in [0.4, 0.5) is 0 Å². The Morgan fingerprint density at radius 3 is 2.79 bits per heavy atom. The molecular weight excluding hydrogens is 234 g/mol. The largest absolute Gasteiger partial charge is 0.372 e. The van der Waals surface area contributed by atoms with Gasteiger partial charge in [0.2, 0.25) is 0 Å². The van der Waals surface area contributed by atoms with Crippen LogP contribution in [-0.4, -0.2) is 37.2 Å². The molecule has 0 amide bonds. The van der Waals surface area contributed by atoms with E-state index in [0.29, 0.717) is 12.0 Å². The molecule has 0 saturated carbocycles. The molecule has 0 N–H and O–H groups in total. The summed E-state index contributed by atoms with van der Waals surface area (Å²) in [5.74, 6) is 0.681. The number of allylic oxidation sites excluding steroid dienone is 2. The van der Waals surface area contributed by atoms with Crippen molar-refractivity contribution in [2.75, 3.05) is 26.2 Å². The first-order valence-electron chi connectivity index (χ1n) is 7.92. The fourth-order valence-electron chi connectivity index (χ4n) is 2.86. The Balaban J connectivity index is 1.98. The molecule has 19 heavy (non-hydrogen) atoms. The zero-order chi connectivity index (χ0) is 13.7. The van der Waals surface area contributed by atoms with Gasteiger partial charge in [-0.25, -0.2) is 0 Å². The third kappa shape index (κ3) is 4.19. The van der Waals surface area contributed by atoms with E-state index in [1.165, 1.54) is 43.5 Å². The molecule has 1 fully saturated rings. The number of hydrogen-bond donors (Lipinski definition) is 0. The Labute approximate surface area is 118 Å². The first-order chi connectivity index (χ1) is 9.20. The second-order valence-corrected chi connectivity index (χ2v) is 6.07. The molecule has 108 valence electrons. The molecule has 2 aliphatic rings. The number of nitrogens with zero attached hydrogens (tertiary/aromatic N) is 1. The summed E-state index contributed by atoms with van der Waals surface area (Å²) in [6.07, 6.45) is 10.0. The fraction of sp³-hybridized carbons (Fsp3) is 0.765. The van der Waals surface area contributed by atoms with Crippen LogP contribution in [0.3, 0.4) is 0 Å². The summed E-state index contributed by atoms with van der Waals surface area (Å²) in [7, 11) is 0. The van der Waals surface area contributed by atoms with E-state index in [-0.39, 0.29) is 0 Å². The molecular formula is C17H29NO. The van der Waals surface area contributed by atoms with E-state index < -0.39 is 0 Å². The number of likely N-dealkylation sites (tertiary alicyclic amines) is 1. The van der Waals surface area contributed by atoms with Gasteiger partial charge in [-0.3, -0.25) is 0 Å². The van der Waals surface area contributed by atoms with E-state index >= 15 is 0 Å². The highest BCUT2D eigenvalue weighted by atomic mass is 16.5. The SMILES string of the molecule is CCC(C)/C=C\C1=C(C)C(CN2CCCC2)OCC1. The first-order valence-corrected chi connectivity index (χ1v) is 7.92. The maximum Gasteiger partial charge on any atom is 0.0914 e. The molecule has 2 heteroatoms. The van der Waals surface area contributed by atoms with Gasteiger partial charge in [0.15, 0.2) is 0 Å². The van der Waals surface area contributed by atoms with Crippen molar-refractivity contribution in [3.63, 3.8) is 0 Å². The van der Waals surface area contributed by atoms with Gasteiger partial charge in [-0.1, -0.05) is 32.4 Å². The van der Waals surface area contributed by atoms with Crippen LogP contribution in [0.15, 0.2) is 23.3 Å². The second kappa shape index (κ2) is 7.25. The second-order valence-electron chi connectivity index (χ2n) is 6.07. The van der Waals surface area contributed by atoms with E-state index in [1.54, 1.807) is 0 Å². The molecule has 0 spiro atoms. The van der Waals surface area contributed by atoms with Crippen LogP contribution in [-0.2, 0) is 4.74 Å². The predicted molar refractivity (Wildman–Crippen MR) is 81.3 cm³/mol. The first kappa shape index (κ1) is 14.8. The van der Waals surface area contributed by atoms with Gasteiger partial charge >= 0.3 is 0 Å². The van der Waals surface area contributed by atoms with E-state index in [9.17, 15) is 0 Å². The highest BCUT2D eigenvalue weighted by Gasteiger charge is 2.23. The average molecular weight is 263 g/mol. The predicted octanol–water partition coefficient (Wildman–Crippen LogP) is 3.79. The molecule has 2 unspecified atom stereocenters. The third-order valence-electron chi connectivity index (χ3n) is 4.57. The van der Waals surface area contributed by atoms with Crippen molar-refractivity contribution in [2.45, 2.75) is 52.6 Å². The summed E-state index contributed by atoms with van der Waals surface area (Å²) in [6, 6.07) is 0. The van der Waals surface area contributed by atoms with Gasteiger partial charge in [0.05, 0.1) is 12.7 Å². The minimum atomic E-state index is 0.323. The zero-order valence-electron chi connectivity index (χ0n) is 12.8. The molecule has 0 bridgehead atoms. The van der Waals surface area contributed by atoms with Crippen molar-refractivity contribution in [1.82, 2.24) is 4.90 Å². The molecule has 2 aliphatic heterocycles. The number of ether oxygens (including phenoxy) is 1. The third-order valence-corrected chi connectivity index (χ3v) is 4.57. The molecule has 2 heterocycles. The van der Waals surface area contributed by atoms with E-state index in [1.807, 2.05) is 0 Å². The highest BCUT2D eigenvalue weighted by molar-refractivity contribution is 5.29. The van der Waals surface area contributed by atoms with E-state index in [2.05, 4.69) is 37.8 Å². The van der Waals surface area contributed by atoms with Crippen molar-refractivity contribution in [3.05, 3.63) is 23.3 Å². The summed E-state index contributed by atoms with van der Waals surface area (Å²) in [6.45, 7) is 11.3. The molecule has 0 aliphatic carbocycles. The van der Waals surface area contributed by atoms with Gasteiger partial charge < -0.3 is 9.64 Å². The lowest BCUT2D eigenvalue weighted by Gasteiger charge is -2.29. The summed E-state index contributed by atoms with van der Waals surface area (Å²) in [4.78, 5) is 2.55. The van der Waals surface area contributed by atoms with Crippen molar-refractivity contribution in [3.8, 4) is 0 Å². The lowest BCUT2D eigenvalue weighted by atomic mass is 9.96. The highest BCUT2D eigenvalue weighted by Crippen LogP contribution is 2.24. The average Bonchev–Trinajstić information content (AvgIpc) is 2.92. The zero-order valence-corrected chi connectivity index (χ0v) is 12.8. The molecule has 2 nitrogen and oxygen atoms in total. The van der Waals surface area contributed by atoms with E-state index in [0.717, 1.165) is 19.6 Å². The topological polar surface area (TPSA) is 12.5 Å². The van der Waals surface area contributed by atoms with Gasteiger partial charge in [-0.15, -0.1) is 0 Å². The minimum Gasteiger partial charge on any atom is -0.372 e. The van der Waals surface area contributed by atoms with Crippen molar-refractivity contribution in [2.24, 2.45) is 5.92 Å². The van der Waals surface area contributed by atoms with Gasteiger partial charge in [-0.2, -0.15) is 0 Å². The van der Waals surface area contributed by atoms with Crippen LogP contribution in [0, 0.1) is 5.92 Å². The molecule has 1 saturated heterocycles. The van der Waals surface area contributed by atoms with Gasteiger partial charge in [0.1, 0.15) is 0 Å². The monoisotopic (exact) mass is 263 g/mol. The Kier molecular flexibility index (Phi) is 5.65. The van der Waals surface area contributed by atoms with Crippen LogP contribution in [0.2, 0.25) is 0 Å². The van der Waals surface area contributed by atoms with Crippen LogP contribution in [0.1, 0.15) is 46.5 Å². The van der Waals surface area contributed by atoms with E-state index in [4.69, 9.17) is 4.74 Å². The molecule has 0 aromatic rings. The fourth-order valence-corrected chi connectivity index (χ4v) is 2.86. The lowest BCUT2D eigenvalue weighted by Crippen LogP contribution is -2.35. The summed E-state index contributed by atoms with van der Waals surface area (Å²) in [5.41, 5.74) is 2.97. The summed E-state index contributed by atoms with van der Waals surface area (Å²) in [5, 5.41) is 0. The van der Waals surface area contributed by atoms with Crippen LogP contribution in [0.25, 0.3) is 0 Å². The Morgan fingerprint density at radius 2 is 2.11 bits per heavy atom. The van der Waals surface area contributed by atoms with Crippen LogP contribution in [0.5, 0.6) is 0 Å². The summed E-state index contributed by atoms with van der Waals surface area (Å²) >= 11 is 0. The van der Waals surface area contributed by atoms with Gasteiger partial charge in [0.25, 0.3) is 0 Å². The maximum atomic E-state index is 5.98. The van der Waals surface area contributed by atoms with Crippen molar-refractivity contribution < 1.29 is 4.74 Å². The lowest BCUT2D eigenvalue weighted by molar-refractivity contribution is 0.0458. The normalized spacial score (nSPS) is 27.4. The molecule has 0 aromatic heterocycles. The van der Waals surface area contributed by atoms with Crippen LogP contribution < -0.4 is 0 Å². The molecule has 0 aromatic carbocycles. The Morgan fingerprint density at radius 1 is 1.37 bits per heavy atom. The summed E-state index contributed by atoms with van der Waals surface area (Å²) < 4.78 is 5.98. The molecule has 2 atom stereocenters.